The van der Waals surface area contributed by atoms with Gasteiger partial charge in [-0.25, -0.2) is 4.79 Å². The van der Waals surface area contributed by atoms with Gasteiger partial charge in [-0.15, -0.1) is 0 Å². The summed E-state index contributed by atoms with van der Waals surface area (Å²) < 4.78 is 33.8. The molecule has 0 aliphatic carbocycles. The van der Waals surface area contributed by atoms with E-state index < -0.39 is 18.3 Å². The number of nitrogens with zero attached hydrogens (tertiary/aromatic N) is 1. The molecule has 0 atom stereocenters. The lowest BCUT2D eigenvalue weighted by Gasteiger charge is -2.33. The first-order valence-electron chi connectivity index (χ1n) is 8.48. The zero-order chi connectivity index (χ0) is 19.3. The number of rotatable bonds is 4. The number of halogens is 2. The Kier molecular flexibility index (Phi) is 6.39. The normalized spacial score (nSPS) is 15.7. The van der Waals surface area contributed by atoms with E-state index in [2.05, 4.69) is 10.1 Å². The topological polar surface area (TPSA) is 67.9 Å². The molecule has 0 saturated carbocycles. The molecule has 1 heterocycles. The summed E-state index contributed by atoms with van der Waals surface area (Å²) in [6.07, 6.45) is 0.784. The van der Waals surface area contributed by atoms with Crippen molar-refractivity contribution in [2.75, 3.05) is 13.1 Å². The number of amides is 2. The number of alkyl halides is 2. The van der Waals surface area contributed by atoms with Crippen molar-refractivity contribution < 1.29 is 27.8 Å². The maximum Gasteiger partial charge on any atom is 0.407 e. The maximum atomic E-state index is 12.5. The highest BCUT2D eigenvalue weighted by atomic mass is 19.3. The smallest absolute Gasteiger partial charge is 0.407 e. The van der Waals surface area contributed by atoms with Crippen LogP contribution in [0.3, 0.4) is 0 Å². The second-order valence-corrected chi connectivity index (χ2v) is 7.12. The molecule has 1 aromatic carbocycles. The van der Waals surface area contributed by atoms with E-state index in [1.807, 2.05) is 0 Å². The zero-order valence-corrected chi connectivity index (χ0v) is 15.1. The molecule has 1 N–H and O–H groups in total. The number of piperidine rings is 1. The summed E-state index contributed by atoms with van der Waals surface area (Å²) in [6, 6.07) is 5.57. The SMILES string of the molecule is CC(C)(C)OC(=O)NC1CCN(C(=O)c2ccc(OC(F)F)cc2)CC1. The minimum absolute atomic E-state index is 0.0109. The number of nitrogens with one attached hydrogen (secondary N) is 1. The Bertz CT molecular complexity index is 621. The molecular formula is C18H24F2N2O4. The summed E-state index contributed by atoms with van der Waals surface area (Å²) in [6.45, 7) is 3.49. The van der Waals surface area contributed by atoms with Crippen LogP contribution in [0.2, 0.25) is 0 Å². The molecule has 0 radical (unpaired) electrons. The molecule has 0 aromatic heterocycles. The van der Waals surface area contributed by atoms with Crippen LogP contribution in [0.25, 0.3) is 0 Å². The molecule has 2 amide bonds. The number of benzene rings is 1. The van der Waals surface area contributed by atoms with Crippen LogP contribution in [-0.2, 0) is 4.74 Å². The van der Waals surface area contributed by atoms with Crippen molar-refractivity contribution in [3.05, 3.63) is 29.8 Å². The van der Waals surface area contributed by atoms with Gasteiger partial charge in [0, 0.05) is 24.7 Å². The van der Waals surface area contributed by atoms with Crippen LogP contribution in [0, 0.1) is 0 Å². The fourth-order valence-electron chi connectivity index (χ4n) is 2.66. The van der Waals surface area contributed by atoms with E-state index in [4.69, 9.17) is 4.74 Å². The highest BCUT2D eigenvalue weighted by Crippen LogP contribution is 2.18. The predicted octanol–water partition coefficient (Wildman–Crippen LogP) is 3.42. The molecule has 144 valence electrons. The molecule has 0 spiro atoms. The zero-order valence-electron chi connectivity index (χ0n) is 15.1. The molecule has 26 heavy (non-hydrogen) atoms. The average molecular weight is 370 g/mol. The van der Waals surface area contributed by atoms with Gasteiger partial charge < -0.3 is 19.7 Å². The van der Waals surface area contributed by atoms with Gasteiger partial charge in [-0.3, -0.25) is 4.79 Å². The van der Waals surface area contributed by atoms with Gasteiger partial charge in [0.1, 0.15) is 11.4 Å². The Labute approximate surface area is 151 Å². The first kappa shape index (κ1) is 19.9. The van der Waals surface area contributed by atoms with Crippen molar-refractivity contribution in [2.45, 2.75) is 51.9 Å². The van der Waals surface area contributed by atoms with Gasteiger partial charge in [-0.05, 0) is 57.9 Å². The van der Waals surface area contributed by atoms with E-state index in [9.17, 15) is 18.4 Å². The number of carbonyl (C=O) groups is 2. The van der Waals surface area contributed by atoms with E-state index in [0.717, 1.165) is 0 Å². The molecule has 1 aliphatic rings. The van der Waals surface area contributed by atoms with Crippen LogP contribution in [0.4, 0.5) is 13.6 Å². The summed E-state index contributed by atoms with van der Waals surface area (Å²) in [5.74, 6) is -0.166. The highest BCUT2D eigenvalue weighted by Gasteiger charge is 2.26. The monoisotopic (exact) mass is 370 g/mol. The first-order valence-corrected chi connectivity index (χ1v) is 8.48. The molecule has 2 rings (SSSR count). The standard InChI is InChI=1S/C18H24F2N2O4/c1-18(2,3)26-17(24)21-13-8-10-22(11-9-13)15(23)12-4-6-14(7-5-12)25-16(19)20/h4-7,13,16H,8-11H2,1-3H3,(H,21,24). The number of likely N-dealkylation sites (tertiary alicyclic amines) is 1. The molecular weight excluding hydrogens is 346 g/mol. The number of hydrogen-bond acceptors (Lipinski definition) is 4. The fourth-order valence-corrected chi connectivity index (χ4v) is 2.66. The predicted molar refractivity (Wildman–Crippen MR) is 91.4 cm³/mol. The van der Waals surface area contributed by atoms with Crippen molar-refractivity contribution in [3.63, 3.8) is 0 Å². The van der Waals surface area contributed by atoms with Crippen LogP contribution in [0.5, 0.6) is 5.75 Å². The van der Waals surface area contributed by atoms with Crippen LogP contribution in [0.15, 0.2) is 24.3 Å². The van der Waals surface area contributed by atoms with E-state index in [1.165, 1.54) is 24.3 Å². The number of ether oxygens (including phenoxy) is 2. The molecule has 8 heteroatoms. The summed E-state index contributed by atoms with van der Waals surface area (Å²) >= 11 is 0. The van der Waals surface area contributed by atoms with Gasteiger partial charge in [-0.1, -0.05) is 0 Å². The van der Waals surface area contributed by atoms with Crippen molar-refractivity contribution in [3.8, 4) is 5.75 Å². The van der Waals surface area contributed by atoms with Crippen molar-refractivity contribution in [2.24, 2.45) is 0 Å². The third-order valence-corrected chi connectivity index (χ3v) is 3.83. The highest BCUT2D eigenvalue weighted by molar-refractivity contribution is 5.94. The summed E-state index contributed by atoms with van der Waals surface area (Å²) in [5.41, 5.74) is -0.147. The van der Waals surface area contributed by atoms with Crippen molar-refractivity contribution >= 4 is 12.0 Å². The molecule has 0 bridgehead atoms. The van der Waals surface area contributed by atoms with E-state index >= 15 is 0 Å². The lowest BCUT2D eigenvalue weighted by atomic mass is 10.0. The largest absolute Gasteiger partial charge is 0.444 e. The van der Waals surface area contributed by atoms with Crippen molar-refractivity contribution in [1.29, 1.82) is 0 Å². The molecule has 1 aromatic rings. The lowest BCUT2D eigenvalue weighted by Crippen LogP contribution is -2.47. The van der Waals surface area contributed by atoms with Crippen LogP contribution < -0.4 is 10.1 Å². The van der Waals surface area contributed by atoms with Crippen LogP contribution >= 0.6 is 0 Å². The van der Waals surface area contributed by atoms with E-state index in [1.54, 1.807) is 25.7 Å². The summed E-state index contributed by atoms with van der Waals surface area (Å²) in [5, 5.41) is 2.81. The molecule has 6 nitrogen and oxygen atoms in total. The minimum atomic E-state index is -2.90. The Morgan fingerprint density at radius 3 is 2.23 bits per heavy atom. The number of alkyl carbamates (subject to hydrolysis) is 1. The molecule has 1 saturated heterocycles. The Hall–Kier alpha value is -2.38. The maximum absolute atomic E-state index is 12.5. The average Bonchev–Trinajstić information content (AvgIpc) is 2.53. The molecule has 1 aliphatic heterocycles. The Balaban J connectivity index is 1.83. The molecule has 1 fully saturated rings. The first-order chi connectivity index (χ1) is 12.1. The van der Waals surface area contributed by atoms with Gasteiger partial charge in [0.25, 0.3) is 5.91 Å². The summed E-state index contributed by atoms with van der Waals surface area (Å²) in [7, 11) is 0. The van der Waals surface area contributed by atoms with Gasteiger partial charge in [0.2, 0.25) is 0 Å². The molecule has 0 unspecified atom stereocenters. The minimum Gasteiger partial charge on any atom is -0.444 e. The number of carbonyl (C=O) groups excluding carboxylic acids is 2. The van der Waals surface area contributed by atoms with Gasteiger partial charge in [-0.2, -0.15) is 8.78 Å². The third-order valence-electron chi connectivity index (χ3n) is 3.83. The Morgan fingerprint density at radius 2 is 1.73 bits per heavy atom. The van der Waals surface area contributed by atoms with Crippen LogP contribution in [-0.4, -0.2) is 48.2 Å². The van der Waals surface area contributed by atoms with Crippen molar-refractivity contribution in [1.82, 2.24) is 10.2 Å². The quantitative estimate of drug-likeness (QED) is 0.882. The Morgan fingerprint density at radius 1 is 1.15 bits per heavy atom. The number of hydrogen-bond donors (Lipinski definition) is 1. The van der Waals surface area contributed by atoms with Crippen LogP contribution in [0.1, 0.15) is 44.0 Å². The van der Waals surface area contributed by atoms with Gasteiger partial charge in [0.15, 0.2) is 0 Å². The van der Waals surface area contributed by atoms with Gasteiger partial charge >= 0.3 is 12.7 Å². The van der Waals surface area contributed by atoms with E-state index in [0.29, 0.717) is 31.5 Å². The van der Waals surface area contributed by atoms with Gasteiger partial charge in [0.05, 0.1) is 0 Å². The second-order valence-electron chi connectivity index (χ2n) is 7.12. The third kappa shape index (κ3) is 6.16. The fraction of sp³-hybridized carbons (Fsp3) is 0.556. The van der Waals surface area contributed by atoms with E-state index in [-0.39, 0.29) is 17.7 Å². The second kappa shape index (κ2) is 8.33. The lowest BCUT2D eigenvalue weighted by molar-refractivity contribution is -0.0498. The summed E-state index contributed by atoms with van der Waals surface area (Å²) in [4.78, 5) is 25.9.